The number of morpholine rings is 1. The highest BCUT2D eigenvalue weighted by atomic mass is 35.5. The van der Waals surface area contributed by atoms with Crippen molar-refractivity contribution in [1.29, 1.82) is 0 Å². The molecule has 0 bridgehead atoms. The lowest BCUT2D eigenvalue weighted by molar-refractivity contribution is 0.0302. The molecule has 1 aliphatic rings. The molecule has 0 unspecified atom stereocenters. The lowest BCUT2D eigenvalue weighted by Gasteiger charge is -2.27. The van der Waals surface area contributed by atoms with E-state index in [4.69, 9.17) is 16.3 Å². The first-order chi connectivity index (χ1) is 13.1. The van der Waals surface area contributed by atoms with Crippen molar-refractivity contribution in [1.82, 2.24) is 10.2 Å². The van der Waals surface area contributed by atoms with Gasteiger partial charge in [0.15, 0.2) is 0 Å². The average molecular weight is 388 g/mol. The SMILES string of the molecule is Cc1c(NC(=O)NCc2ccccc2Cl)cccc1C(=O)N1CCOCC1. The normalized spacial score (nSPS) is 13.9. The van der Waals surface area contributed by atoms with E-state index in [0.717, 1.165) is 11.1 Å². The molecule has 2 aromatic rings. The van der Waals surface area contributed by atoms with Gasteiger partial charge in [0, 0.05) is 35.9 Å². The summed E-state index contributed by atoms with van der Waals surface area (Å²) in [6.07, 6.45) is 0. The Kier molecular flexibility index (Phi) is 6.32. The van der Waals surface area contributed by atoms with Crippen molar-refractivity contribution in [2.24, 2.45) is 0 Å². The predicted octanol–water partition coefficient (Wildman–Crippen LogP) is 3.44. The maximum Gasteiger partial charge on any atom is 0.319 e. The molecule has 1 heterocycles. The molecule has 1 fully saturated rings. The van der Waals surface area contributed by atoms with Crippen LogP contribution in [-0.2, 0) is 11.3 Å². The van der Waals surface area contributed by atoms with Crippen molar-refractivity contribution in [2.45, 2.75) is 13.5 Å². The minimum Gasteiger partial charge on any atom is -0.378 e. The quantitative estimate of drug-likeness (QED) is 0.844. The molecule has 0 spiro atoms. The minimum atomic E-state index is -0.353. The third-order valence-electron chi connectivity index (χ3n) is 4.51. The van der Waals surface area contributed by atoms with E-state index in [-0.39, 0.29) is 11.9 Å². The van der Waals surface area contributed by atoms with Gasteiger partial charge in [0.05, 0.1) is 13.2 Å². The summed E-state index contributed by atoms with van der Waals surface area (Å²) in [5, 5.41) is 6.19. The van der Waals surface area contributed by atoms with E-state index in [1.54, 1.807) is 29.2 Å². The molecule has 3 amide bonds. The number of anilines is 1. The van der Waals surface area contributed by atoms with Gasteiger partial charge in [-0.3, -0.25) is 4.79 Å². The summed E-state index contributed by atoms with van der Waals surface area (Å²) in [6.45, 7) is 4.40. The molecule has 0 atom stereocenters. The fourth-order valence-electron chi connectivity index (χ4n) is 2.92. The highest BCUT2D eigenvalue weighted by Gasteiger charge is 2.21. The number of rotatable bonds is 4. The van der Waals surface area contributed by atoms with Crippen molar-refractivity contribution < 1.29 is 14.3 Å². The molecule has 6 nitrogen and oxygen atoms in total. The number of carbonyl (C=O) groups is 2. The van der Waals surface area contributed by atoms with E-state index in [1.165, 1.54) is 0 Å². The van der Waals surface area contributed by atoms with Gasteiger partial charge in [-0.2, -0.15) is 0 Å². The summed E-state index contributed by atoms with van der Waals surface area (Å²) in [7, 11) is 0. The number of ether oxygens (including phenoxy) is 1. The average Bonchev–Trinajstić information content (AvgIpc) is 2.69. The van der Waals surface area contributed by atoms with E-state index in [1.807, 2.05) is 25.1 Å². The Morgan fingerprint density at radius 2 is 1.85 bits per heavy atom. The third-order valence-corrected chi connectivity index (χ3v) is 4.88. The largest absolute Gasteiger partial charge is 0.378 e. The molecular formula is C20H22ClN3O3. The molecule has 142 valence electrons. The highest BCUT2D eigenvalue weighted by Crippen LogP contribution is 2.21. The number of hydrogen-bond donors (Lipinski definition) is 2. The summed E-state index contributed by atoms with van der Waals surface area (Å²) in [5.74, 6) is -0.0454. The van der Waals surface area contributed by atoms with E-state index in [9.17, 15) is 9.59 Å². The van der Waals surface area contributed by atoms with E-state index in [0.29, 0.717) is 49.1 Å². The number of amides is 3. The van der Waals surface area contributed by atoms with Gasteiger partial charge in [0.25, 0.3) is 5.91 Å². The lowest BCUT2D eigenvalue weighted by atomic mass is 10.1. The maximum atomic E-state index is 12.7. The van der Waals surface area contributed by atoms with Crippen molar-refractivity contribution in [3.8, 4) is 0 Å². The van der Waals surface area contributed by atoms with Crippen molar-refractivity contribution in [3.05, 3.63) is 64.2 Å². The molecular weight excluding hydrogens is 366 g/mol. The number of urea groups is 1. The fourth-order valence-corrected chi connectivity index (χ4v) is 3.13. The predicted molar refractivity (Wildman–Crippen MR) is 105 cm³/mol. The van der Waals surface area contributed by atoms with Crippen molar-refractivity contribution in [2.75, 3.05) is 31.6 Å². The second kappa shape index (κ2) is 8.88. The van der Waals surface area contributed by atoms with E-state index in [2.05, 4.69) is 10.6 Å². The van der Waals surface area contributed by atoms with Crippen LogP contribution < -0.4 is 10.6 Å². The van der Waals surface area contributed by atoms with Crippen LogP contribution in [0.3, 0.4) is 0 Å². The van der Waals surface area contributed by atoms with Crippen molar-refractivity contribution >= 4 is 29.2 Å². The number of nitrogens with one attached hydrogen (secondary N) is 2. The van der Waals surface area contributed by atoms with Gasteiger partial charge >= 0.3 is 6.03 Å². The van der Waals surface area contributed by atoms with Crippen molar-refractivity contribution in [3.63, 3.8) is 0 Å². The first-order valence-corrected chi connectivity index (χ1v) is 9.19. The minimum absolute atomic E-state index is 0.0454. The first-order valence-electron chi connectivity index (χ1n) is 8.81. The zero-order valence-electron chi connectivity index (χ0n) is 15.1. The number of halogens is 1. The summed E-state index contributed by atoms with van der Waals surface area (Å²) in [5.41, 5.74) is 2.76. The molecule has 2 aromatic carbocycles. The van der Waals surface area contributed by atoms with Crippen LogP contribution in [0.5, 0.6) is 0 Å². The molecule has 27 heavy (non-hydrogen) atoms. The molecule has 3 rings (SSSR count). The van der Waals surface area contributed by atoms with Crippen LogP contribution in [0.1, 0.15) is 21.5 Å². The maximum absolute atomic E-state index is 12.7. The Bertz CT molecular complexity index is 835. The van der Waals surface area contributed by atoms with Gasteiger partial charge in [-0.05, 0) is 36.2 Å². The lowest BCUT2D eigenvalue weighted by Crippen LogP contribution is -2.41. The fraction of sp³-hybridized carbons (Fsp3) is 0.300. The Balaban J connectivity index is 1.65. The summed E-state index contributed by atoms with van der Waals surface area (Å²) >= 11 is 6.10. The second-order valence-electron chi connectivity index (χ2n) is 6.28. The first kappa shape index (κ1) is 19.2. The molecule has 2 N–H and O–H groups in total. The zero-order valence-corrected chi connectivity index (χ0v) is 15.9. The summed E-state index contributed by atoms with van der Waals surface area (Å²) in [6, 6.07) is 12.3. The molecule has 0 saturated carbocycles. The third kappa shape index (κ3) is 4.78. The Morgan fingerprint density at radius 1 is 1.11 bits per heavy atom. The zero-order chi connectivity index (χ0) is 19.2. The molecule has 0 radical (unpaired) electrons. The van der Waals surface area contributed by atoms with Crippen LogP contribution in [0, 0.1) is 6.92 Å². The topological polar surface area (TPSA) is 70.7 Å². The second-order valence-corrected chi connectivity index (χ2v) is 6.69. The monoisotopic (exact) mass is 387 g/mol. The molecule has 7 heteroatoms. The van der Waals surface area contributed by atoms with Gasteiger partial charge in [-0.25, -0.2) is 4.79 Å². The standard InChI is InChI=1S/C20H22ClN3O3/c1-14-16(19(25)24-9-11-27-12-10-24)6-4-8-18(14)23-20(26)22-13-15-5-2-3-7-17(15)21/h2-8H,9-13H2,1H3,(H2,22,23,26). The van der Waals surface area contributed by atoms with Gasteiger partial charge in [-0.1, -0.05) is 35.9 Å². The van der Waals surface area contributed by atoms with Gasteiger partial charge < -0.3 is 20.3 Å². The van der Waals surface area contributed by atoms with Crippen LogP contribution in [0.25, 0.3) is 0 Å². The van der Waals surface area contributed by atoms with Gasteiger partial charge in [-0.15, -0.1) is 0 Å². The molecule has 0 aromatic heterocycles. The Labute approximate surface area is 163 Å². The summed E-state index contributed by atoms with van der Waals surface area (Å²) in [4.78, 5) is 26.8. The molecule has 1 aliphatic heterocycles. The van der Waals surface area contributed by atoms with Crippen LogP contribution in [-0.4, -0.2) is 43.1 Å². The number of benzene rings is 2. The number of carbonyl (C=O) groups excluding carboxylic acids is 2. The highest BCUT2D eigenvalue weighted by molar-refractivity contribution is 6.31. The Morgan fingerprint density at radius 3 is 2.59 bits per heavy atom. The molecule has 0 aliphatic carbocycles. The Hall–Kier alpha value is -2.57. The van der Waals surface area contributed by atoms with E-state index < -0.39 is 0 Å². The van der Waals surface area contributed by atoms with Crippen LogP contribution in [0.2, 0.25) is 5.02 Å². The van der Waals surface area contributed by atoms with Crippen LogP contribution in [0.15, 0.2) is 42.5 Å². The van der Waals surface area contributed by atoms with Crippen LogP contribution >= 0.6 is 11.6 Å². The summed E-state index contributed by atoms with van der Waals surface area (Å²) < 4.78 is 5.30. The van der Waals surface area contributed by atoms with E-state index >= 15 is 0 Å². The van der Waals surface area contributed by atoms with Gasteiger partial charge in [0.1, 0.15) is 0 Å². The van der Waals surface area contributed by atoms with Gasteiger partial charge in [0.2, 0.25) is 0 Å². The number of hydrogen-bond acceptors (Lipinski definition) is 3. The van der Waals surface area contributed by atoms with Crippen LogP contribution in [0.4, 0.5) is 10.5 Å². The smallest absolute Gasteiger partial charge is 0.319 e. The molecule has 1 saturated heterocycles. The number of nitrogens with zero attached hydrogens (tertiary/aromatic N) is 1.